The molecule has 0 saturated carbocycles. The van der Waals surface area contributed by atoms with Crippen molar-refractivity contribution in [2.75, 3.05) is 6.61 Å². The van der Waals surface area contributed by atoms with Crippen LogP contribution in [-0.2, 0) is 4.74 Å². The second kappa shape index (κ2) is 5.26. The Balaban J connectivity index is 2.22. The minimum Gasteiger partial charge on any atom is -0.505 e. The highest BCUT2D eigenvalue weighted by atomic mass is 32.1. The number of aromatic amines is 1. The smallest absolute Gasteiger partial charge is 0.358 e. The van der Waals surface area contributed by atoms with Gasteiger partial charge in [0, 0.05) is 10.4 Å². The van der Waals surface area contributed by atoms with Gasteiger partial charge in [-0.1, -0.05) is 30.3 Å². The van der Waals surface area contributed by atoms with E-state index < -0.39 is 5.97 Å². The minimum absolute atomic E-state index is 0.0355. The molecule has 0 atom stereocenters. The zero-order valence-corrected chi connectivity index (χ0v) is 12.6. The van der Waals surface area contributed by atoms with Crippen molar-refractivity contribution in [2.45, 2.75) is 13.8 Å². The van der Waals surface area contributed by atoms with Crippen LogP contribution >= 0.6 is 11.3 Å². The lowest BCUT2D eigenvalue weighted by atomic mass is 10.0. The number of carbonyl (C=O) groups excluding carboxylic acids is 1. The monoisotopic (exact) mass is 301 g/mol. The molecule has 0 unspecified atom stereocenters. The molecule has 0 aliphatic rings. The third-order valence-corrected chi connectivity index (χ3v) is 4.36. The van der Waals surface area contributed by atoms with E-state index in [1.54, 1.807) is 6.92 Å². The van der Waals surface area contributed by atoms with Crippen LogP contribution in [-0.4, -0.2) is 22.7 Å². The van der Waals surface area contributed by atoms with Gasteiger partial charge >= 0.3 is 5.97 Å². The highest BCUT2D eigenvalue weighted by Crippen LogP contribution is 2.44. The first kappa shape index (κ1) is 13.7. The first-order valence-electron chi connectivity index (χ1n) is 6.70. The number of aryl methyl sites for hydroxylation is 1. The molecule has 4 nitrogen and oxygen atoms in total. The van der Waals surface area contributed by atoms with E-state index in [0.717, 1.165) is 20.8 Å². The number of rotatable bonds is 3. The Morgan fingerprint density at radius 1 is 1.33 bits per heavy atom. The molecule has 1 aromatic carbocycles. The Hall–Kier alpha value is -2.27. The molecule has 2 aromatic heterocycles. The molecule has 108 valence electrons. The number of benzene rings is 1. The van der Waals surface area contributed by atoms with Crippen LogP contribution in [0.3, 0.4) is 0 Å². The highest BCUT2D eigenvalue weighted by molar-refractivity contribution is 7.19. The van der Waals surface area contributed by atoms with Gasteiger partial charge in [-0.05, 0) is 19.4 Å². The number of esters is 1. The molecule has 2 heterocycles. The van der Waals surface area contributed by atoms with Crippen molar-refractivity contribution in [3.63, 3.8) is 0 Å². The number of H-pyrrole nitrogens is 1. The van der Waals surface area contributed by atoms with Gasteiger partial charge < -0.3 is 14.8 Å². The minimum atomic E-state index is -0.532. The number of carbonyl (C=O) groups is 1. The number of fused-ring (bicyclic) bond motifs is 1. The van der Waals surface area contributed by atoms with Gasteiger partial charge in [-0.25, -0.2) is 4.79 Å². The Labute approximate surface area is 126 Å². The summed E-state index contributed by atoms with van der Waals surface area (Å²) in [6.45, 7) is 4.01. The van der Waals surface area contributed by atoms with E-state index in [-0.39, 0.29) is 18.1 Å². The number of aromatic hydroxyl groups is 1. The second-order valence-corrected chi connectivity index (χ2v) is 5.90. The summed E-state index contributed by atoms with van der Waals surface area (Å²) in [6, 6.07) is 9.84. The van der Waals surface area contributed by atoms with Crippen LogP contribution in [0.25, 0.3) is 21.3 Å². The van der Waals surface area contributed by atoms with Gasteiger partial charge in [0.15, 0.2) is 11.4 Å². The number of thiophene rings is 1. The number of ether oxygens (including phenoxy) is 1. The van der Waals surface area contributed by atoms with Gasteiger partial charge in [-0.15, -0.1) is 11.3 Å². The average molecular weight is 301 g/mol. The Morgan fingerprint density at radius 3 is 2.71 bits per heavy atom. The normalized spacial score (nSPS) is 11.0. The largest absolute Gasteiger partial charge is 0.505 e. The van der Waals surface area contributed by atoms with Crippen LogP contribution in [0.15, 0.2) is 30.3 Å². The number of nitrogens with one attached hydrogen (secondary N) is 1. The molecule has 3 aromatic rings. The molecule has 0 radical (unpaired) electrons. The van der Waals surface area contributed by atoms with Crippen LogP contribution in [0.4, 0.5) is 0 Å². The van der Waals surface area contributed by atoms with Crippen LogP contribution in [0.1, 0.15) is 22.3 Å². The van der Waals surface area contributed by atoms with E-state index in [2.05, 4.69) is 4.98 Å². The molecule has 21 heavy (non-hydrogen) atoms. The van der Waals surface area contributed by atoms with Gasteiger partial charge in [0.2, 0.25) is 0 Å². The molecule has 3 rings (SSSR count). The summed E-state index contributed by atoms with van der Waals surface area (Å²) in [5.74, 6) is -0.568. The third-order valence-electron chi connectivity index (χ3n) is 3.34. The molecule has 5 heteroatoms. The van der Waals surface area contributed by atoms with Crippen LogP contribution in [0, 0.1) is 6.92 Å². The lowest BCUT2D eigenvalue weighted by Gasteiger charge is -2.03. The Morgan fingerprint density at radius 2 is 2.05 bits per heavy atom. The quantitative estimate of drug-likeness (QED) is 0.716. The molecule has 0 aliphatic heterocycles. The maximum atomic E-state index is 11.9. The first-order valence-corrected chi connectivity index (χ1v) is 7.51. The molecular formula is C16H15NO3S. The molecule has 2 N–H and O–H groups in total. The standard InChI is InChI=1S/C16H15NO3S/c1-3-20-16(19)13-14(18)12-11(9(2)21-15(12)17-13)10-7-5-4-6-8-10/h4-8,17-18H,3H2,1-2H3. The zero-order chi connectivity index (χ0) is 15.0. The van der Waals surface area contributed by atoms with Gasteiger partial charge in [0.1, 0.15) is 4.83 Å². The molecule has 0 bridgehead atoms. The first-order chi connectivity index (χ1) is 10.1. The summed E-state index contributed by atoms with van der Waals surface area (Å²) >= 11 is 1.52. The van der Waals surface area contributed by atoms with Crippen LogP contribution in [0.2, 0.25) is 0 Å². The highest BCUT2D eigenvalue weighted by Gasteiger charge is 2.24. The fourth-order valence-electron chi connectivity index (χ4n) is 2.46. The molecule has 0 fully saturated rings. The SMILES string of the molecule is CCOC(=O)c1[nH]c2sc(C)c(-c3ccccc3)c2c1O. The summed E-state index contributed by atoms with van der Waals surface area (Å²) in [6.07, 6.45) is 0. The predicted octanol–water partition coefficient (Wildman–Crippen LogP) is 4.09. The lowest BCUT2D eigenvalue weighted by Crippen LogP contribution is -2.04. The maximum Gasteiger partial charge on any atom is 0.358 e. The number of hydrogen-bond donors (Lipinski definition) is 2. The summed E-state index contributed by atoms with van der Waals surface area (Å²) in [5.41, 5.74) is 2.10. The topological polar surface area (TPSA) is 62.3 Å². The van der Waals surface area contributed by atoms with Gasteiger partial charge in [0.25, 0.3) is 0 Å². The van der Waals surface area contributed by atoms with E-state index in [1.807, 2.05) is 37.3 Å². The van der Waals surface area contributed by atoms with E-state index >= 15 is 0 Å². The van der Waals surface area contributed by atoms with Crippen molar-refractivity contribution in [2.24, 2.45) is 0 Å². The molecule has 0 saturated heterocycles. The van der Waals surface area contributed by atoms with Crippen molar-refractivity contribution in [3.05, 3.63) is 40.9 Å². The summed E-state index contributed by atoms with van der Waals surface area (Å²) < 4.78 is 4.96. The fraction of sp³-hybridized carbons (Fsp3) is 0.188. The lowest BCUT2D eigenvalue weighted by molar-refractivity contribution is 0.0517. The number of aromatic nitrogens is 1. The second-order valence-electron chi connectivity index (χ2n) is 4.67. The van der Waals surface area contributed by atoms with Gasteiger partial charge in [-0.3, -0.25) is 0 Å². The van der Waals surface area contributed by atoms with E-state index in [1.165, 1.54) is 11.3 Å². The maximum absolute atomic E-state index is 11.9. The predicted molar refractivity (Wildman–Crippen MR) is 84.0 cm³/mol. The average Bonchev–Trinajstić information content (AvgIpc) is 2.96. The zero-order valence-electron chi connectivity index (χ0n) is 11.8. The fourth-order valence-corrected chi connectivity index (χ4v) is 3.54. The van der Waals surface area contributed by atoms with Gasteiger partial charge in [0.05, 0.1) is 12.0 Å². The molecule has 0 aliphatic carbocycles. The van der Waals surface area contributed by atoms with Crippen molar-refractivity contribution in [1.82, 2.24) is 4.98 Å². The van der Waals surface area contributed by atoms with E-state index in [9.17, 15) is 9.90 Å². The number of hydrogen-bond acceptors (Lipinski definition) is 4. The summed E-state index contributed by atoms with van der Waals surface area (Å²) in [7, 11) is 0. The van der Waals surface area contributed by atoms with Gasteiger partial charge in [-0.2, -0.15) is 0 Å². The molecule has 0 amide bonds. The van der Waals surface area contributed by atoms with Crippen LogP contribution in [0.5, 0.6) is 5.75 Å². The van der Waals surface area contributed by atoms with Crippen molar-refractivity contribution < 1.29 is 14.6 Å². The van der Waals surface area contributed by atoms with Crippen molar-refractivity contribution in [1.29, 1.82) is 0 Å². The van der Waals surface area contributed by atoms with E-state index in [4.69, 9.17) is 4.74 Å². The third kappa shape index (κ3) is 2.19. The molecule has 0 spiro atoms. The summed E-state index contributed by atoms with van der Waals surface area (Å²) in [5, 5.41) is 11.1. The van der Waals surface area contributed by atoms with Crippen LogP contribution < -0.4 is 0 Å². The Bertz CT molecular complexity index is 802. The van der Waals surface area contributed by atoms with E-state index in [0.29, 0.717) is 5.39 Å². The summed E-state index contributed by atoms with van der Waals surface area (Å²) in [4.78, 5) is 16.7. The Kier molecular flexibility index (Phi) is 3.43. The molecular weight excluding hydrogens is 286 g/mol. The van der Waals surface area contributed by atoms with Crippen molar-refractivity contribution >= 4 is 27.5 Å². The van der Waals surface area contributed by atoms with Crippen molar-refractivity contribution in [3.8, 4) is 16.9 Å².